The van der Waals surface area contributed by atoms with Gasteiger partial charge < -0.3 is 20.1 Å². The summed E-state index contributed by atoms with van der Waals surface area (Å²) in [4.78, 5) is 27.6. The fourth-order valence-corrected chi connectivity index (χ4v) is 5.77. The van der Waals surface area contributed by atoms with Crippen molar-refractivity contribution in [2.75, 3.05) is 19.5 Å². The van der Waals surface area contributed by atoms with Crippen molar-refractivity contribution < 1.29 is 19.1 Å². The van der Waals surface area contributed by atoms with Gasteiger partial charge in [0.25, 0.3) is 5.91 Å². The minimum Gasteiger partial charge on any atom is -0.493 e. The Hall–Kier alpha value is -3.84. The van der Waals surface area contributed by atoms with Crippen molar-refractivity contribution in [3.8, 4) is 11.5 Å². The molecular formula is C32H31BrN2O4. The molecule has 2 N–H and O–H groups in total. The molecule has 1 aliphatic heterocycles. The van der Waals surface area contributed by atoms with Crippen molar-refractivity contribution in [3.63, 3.8) is 0 Å². The molecule has 2 unspecified atom stereocenters. The zero-order chi connectivity index (χ0) is 27.7. The van der Waals surface area contributed by atoms with Gasteiger partial charge in [-0.05, 0) is 73.7 Å². The predicted octanol–water partition coefficient (Wildman–Crippen LogP) is 6.78. The SMILES string of the molecule is COc1ccc(C2CC(=O)C3=C(C2)NC(C)=C(C(=O)Nc2ccc(C)cc2)C3c2ccc(Br)cc2)cc1OC. The number of Topliss-reactive ketones (excluding diaryl/α,β-unsaturated/α-hetero) is 1. The molecule has 0 aromatic heterocycles. The van der Waals surface area contributed by atoms with Crippen molar-refractivity contribution in [2.45, 2.75) is 38.5 Å². The minimum absolute atomic E-state index is 0.0233. The van der Waals surface area contributed by atoms with Gasteiger partial charge in [-0.15, -0.1) is 0 Å². The van der Waals surface area contributed by atoms with Gasteiger partial charge in [0.15, 0.2) is 17.3 Å². The van der Waals surface area contributed by atoms with Crippen LogP contribution in [0.5, 0.6) is 11.5 Å². The number of hydrogen-bond donors (Lipinski definition) is 2. The second kappa shape index (κ2) is 11.1. The summed E-state index contributed by atoms with van der Waals surface area (Å²) in [5.74, 6) is 0.598. The number of nitrogens with one attached hydrogen (secondary N) is 2. The van der Waals surface area contributed by atoms with E-state index in [1.165, 1.54) is 0 Å². The molecule has 1 amide bonds. The maximum Gasteiger partial charge on any atom is 0.254 e. The number of dihydropyridines is 1. The van der Waals surface area contributed by atoms with Crippen LogP contribution < -0.4 is 20.1 Å². The van der Waals surface area contributed by atoms with E-state index in [1.54, 1.807) is 14.2 Å². The Morgan fingerprint density at radius 1 is 0.897 bits per heavy atom. The van der Waals surface area contributed by atoms with Crippen LogP contribution in [0.1, 0.15) is 48.3 Å². The van der Waals surface area contributed by atoms with E-state index in [0.717, 1.165) is 32.6 Å². The molecule has 0 saturated heterocycles. The Bertz CT molecular complexity index is 1490. The first-order valence-corrected chi connectivity index (χ1v) is 13.7. The van der Waals surface area contributed by atoms with E-state index in [1.807, 2.05) is 80.6 Å². The Morgan fingerprint density at radius 3 is 2.23 bits per heavy atom. The number of allylic oxidation sites excluding steroid dienone is 3. The molecule has 1 aliphatic carbocycles. The number of benzene rings is 3. The lowest BCUT2D eigenvalue weighted by molar-refractivity contribution is -0.116. The predicted molar refractivity (Wildman–Crippen MR) is 156 cm³/mol. The fourth-order valence-electron chi connectivity index (χ4n) is 5.51. The average molecular weight is 588 g/mol. The molecule has 0 bridgehead atoms. The molecule has 7 heteroatoms. The van der Waals surface area contributed by atoms with Crippen molar-refractivity contribution in [1.82, 2.24) is 5.32 Å². The first-order valence-electron chi connectivity index (χ1n) is 12.9. The molecule has 0 spiro atoms. The van der Waals surface area contributed by atoms with Crippen LogP contribution in [0.2, 0.25) is 0 Å². The third kappa shape index (κ3) is 5.36. The van der Waals surface area contributed by atoms with Crippen LogP contribution >= 0.6 is 15.9 Å². The normalized spacial score (nSPS) is 18.8. The Kier molecular flexibility index (Phi) is 7.62. The highest BCUT2D eigenvalue weighted by Gasteiger charge is 2.41. The molecule has 5 rings (SSSR count). The van der Waals surface area contributed by atoms with E-state index < -0.39 is 5.92 Å². The summed E-state index contributed by atoms with van der Waals surface area (Å²) in [7, 11) is 3.21. The van der Waals surface area contributed by atoms with Gasteiger partial charge in [-0.2, -0.15) is 0 Å². The minimum atomic E-state index is -0.473. The van der Waals surface area contributed by atoms with Gasteiger partial charge in [0.05, 0.1) is 14.2 Å². The number of hydrogen-bond acceptors (Lipinski definition) is 5. The smallest absolute Gasteiger partial charge is 0.254 e. The van der Waals surface area contributed by atoms with Crippen LogP contribution in [0.25, 0.3) is 0 Å². The van der Waals surface area contributed by atoms with Crippen molar-refractivity contribution in [1.29, 1.82) is 0 Å². The lowest BCUT2D eigenvalue weighted by Gasteiger charge is -2.37. The van der Waals surface area contributed by atoms with Gasteiger partial charge >= 0.3 is 0 Å². The molecule has 39 heavy (non-hydrogen) atoms. The summed E-state index contributed by atoms with van der Waals surface area (Å²) in [6.45, 7) is 3.91. The number of halogens is 1. The lowest BCUT2D eigenvalue weighted by Crippen LogP contribution is -2.37. The van der Waals surface area contributed by atoms with Crippen LogP contribution in [-0.2, 0) is 9.59 Å². The van der Waals surface area contributed by atoms with Gasteiger partial charge in [0.1, 0.15) is 0 Å². The van der Waals surface area contributed by atoms with Gasteiger partial charge in [0, 0.05) is 45.0 Å². The number of ether oxygens (including phenoxy) is 2. The molecule has 2 aliphatic rings. The van der Waals surface area contributed by atoms with Gasteiger partial charge in [-0.25, -0.2) is 0 Å². The van der Waals surface area contributed by atoms with Gasteiger partial charge in [0.2, 0.25) is 0 Å². The molecule has 1 heterocycles. The van der Waals surface area contributed by atoms with E-state index in [9.17, 15) is 9.59 Å². The van der Waals surface area contributed by atoms with Gasteiger partial charge in [-0.1, -0.05) is 51.8 Å². The van der Waals surface area contributed by atoms with Gasteiger partial charge in [-0.3, -0.25) is 9.59 Å². The van der Waals surface area contributed by atoms with Crippen LogP contribution in [0, 0.1) is 6.92 Å². The monoisotopic (exact) mass is 586 g/mol. The van der Waals surface area contributed by atoms with E-state index in [0.29, 0.717) is 41.2 Å². The standard InChI is InChI=1S/C32H31BrN2O4/c1-18-5-12-24(13-6-18)35-32(37)29-19(2)34-25-15-22(21-9-14-27(38-3)28(17-21)39-4)16-26(36)31(25)30(29)20-7-10-23(33)11-8-20/h5-14,17,22,30,34H,15-16H2,1-4H3,(H,35,37). The zero-order valence-electron chi connectivity index (χ0n) is 22.4. The van der Waals surface area contributed by atoms with E-state index in [2.05, 4.69) is 26.6 Å². The Balaban J connectivity index is 1.53. The molecule has 0 saturated carbocycles. The largest absolute Gasteiger partial charge is 0.493 e. The van der Waals surface area contributed by atoms with Crippen LogP contribution in [-0.4, -0.2) is 25.9 Å². The number of rotatable bonds is 6. The van der Waals surface area contributed by atoms with Crippen molar-refractivity contribution >= 4 is 33.3 Å². The highest BCUT2D eigenvalue weighted by Crippen LogP contribution is 2.46. The summed E-state index contributed by atoms with van der Waals surface area (Å²) in [5, 5.41) is 6.49. The molecule has 6 nitrogen and oxygen atoms in total. The van der Waals surface area contributed by atoms with Crippen LogP contribution in [0.3, 0.4) is 0 Å². The quantitative estimate of drug-likeness (QED) is 0.333. The number of carbonyl (C=O) groups excluding carboxylic acids is 2. The third-order valence-corrected chi connectivity index (χ3v) is 7.99. The van der Waals surface area contributed by atoms with Crippen molar-refractivity contribution in [3.05, 3.63) is 110 Å². The summed E-state index contributed by atoms with van der Waals surface area (Å²) in [5.41, 5.74) is 6.56. The highest BCUT2D eigenvalue weighted by molar-refractivity contribution is 9.10. The van der Waals surface area contributed by atoms with Crippen molar-refractivity contribution in [2.24, 2.45) is 0 Å². The molecule has 0 fully saturated rings. The summed E-state index contributed by atoms with van der Waals surface area (Å²) < 4.78 is 11.8. The average Bonchev–Trinajstić information content (AvgIpc) is 2.93. The highest BCUT2D eigenvalue weighted by atomic mass is 79.9. The summed E-state index contributed by atoms with van der Waals surface area (Å²) in [6.07, 6.45) is 0.989. The first kappa shape index (κ1) is 26.8. The second-order valence-corrected chi connectivity index (χ2v) is 10.9. The van der Waals surface area contributed by atoms with E-state index in [-0.39, 0.29) is 17.6 Å². The summed E-state index contributed by atoms with van der Waals surface area (Å²) >= 11 is 3.51. The number of carbonyl (C=O) groups is 2. The lowest BCUT2D eigenvalue weighted by atomic mass is 9.71. The van der Waals surface area contributed by atoms with E-state index >= 15 is 0 Å². The van der Waals surface area contributed by atoms with Crippen LogP contribution in [0.4, 0.5) is 5.69 Å². The Morgan fingerprint density at radius 2 is 1.56 bits per heavy atom. The number of anilines is 1. The maximum absolute atomic E-state index is 13.9. The molecule has 2 atom stereocenters. The molecule has 3 aromatic rings. The molecule has 0 radical (unpaired) electrons. The maximum atomic E-state index is 13.9. The second-order valence-electron chi connectivity index (χ2n) is 10.0. The first-order chi connectivity index (χ1) is 18.8. The number of amides is 1. The third-order valence-electron chi connectivity index (χ3n) is 7.46. The number of aryl methyl sites for hydroxylation is 1. The van der Waals surface area contributed by atoms with Crippen LogP contribution in [0.15, 0.2) is 93.7 Å². The molecule has 200 valence electrons. The topological polar surface area (TPSA) is 76.7 Å². The fraction of sp³-hybridized carbons (Fsp3) is 0.250. The summed E-state index contributed by atoms with van der Waals surface area (Å²) in [6, 6.07) is 21.4. The number of methoxy groups -OCH3 is 2. The number of ketones is 1. The molecular weight excluding hydrogens is 556 g/mol. The van der Waals surface area contributed by atoms with E-state index in [4.69, 9.17) is 9.47 Å². The Labute approximate surface area is 237 Å². The zero-order valence-corrected chi connectivity index (χ0v) is 24.0. The molecule has 3 aromatic carbocycles.